The van der Waals surface area contributed by atoms with Gasteiger partial charge in [0.2, 0.25) is 0 Å². The Bertz CT molecular complexity index is 795. The van der Waals surface area contributed by atoms with Crippen LogP contribution in [0.25, 0.3) is 0 Å². The van der Waals surface area contributed by atoms with Gasteiger partial charge in [0, 0.05) is 37.6 Å². The monoisotopic (exact) mass is 382 g/mol. The Morgan fingerprint density at radius 1 is 1.18 bits per heavy atom. The Hall–Kier alpha value is -3.22. The van der Waals surface area contributed by atoms with Gasteiger partial charge in [-0.25, -0.2) is 9.59 Å². The van der Waals surface area contributed by atoms with Crippen molar-refractivity contribution < 1.29 is 14.3 Å². The molecule has 1 saturated heterocycles. The molecule has 3 amide bonds. The number of nitrogens with one attached hydrogen (secondary N) is 2. The topological polar surface area (TPSA) is 73.9 Å². The van der Waals surface area contributed by atoms with Crippen molar-refractivity contribution in [3.63, 3.8) is 0 Å². The van der Waals surface area contributed by atoms with Crippen LogP contribution >= 0.6 is 0 Å². The Kier molecular flexibility index (Phi) is 6.37. The standard InChI is InChI=1S/C21H26N4O3/c1-16(24(2)19-6-4-3-5-7-19)14-22-20(26)23-18-10-8-17(9-11-18)15-25-12-13-28-21(25)27/h3-11,16H,12-15H2,1-2H3,(H2,22,23,26)/t16-/m1/s1. The molecule has 0 aliphatic carbocycles. The van der Waals surface area contributed by atoms with E-state index in [0.717, 1.165) is 11.3 Å². The van der Waals surface area contributed by atoms with Crippen LogP contribution in [0.5, 0.6) is 0 Å². The summed E-state index contributed by atoms with van der Waals surface area (Å²) in [6.07, 6.45) is -0.281. The number of likely N-dealkylation sites (N-methyl/N-ethyl adjacent to an activating group) is 1. The Labute approximate surface area is 165 Å². The number of carbonyl (C=O) groups excluding carboxylic acids is 2. The van der Waals surface area contributed by atoms with Gasteiger partial charge >= 0.3 is 12.1 Å². The molecule has 0 aromatic heterocycles. The molecule has 0 spiro atoms. The van der Waals surface area contributed by atoms with Crippen LogP contribution in [-0.2, 0) is 11.3 Å². The summed E-state index contributed by atoms with van der Waals surface area (Å²) in [6.45, 7) is 4.14. The van der Waals surface area contributed by atoms with E-state index in [1.54, 1.807) is 4.90 Å². The van der Waals surface area contributed by atoms with Gasteiger partial charge < -0.3 is 25.2 Å². The van der Waals surface area contributed by atoms with E-state index in [2.05, 4.69) is 22.5 Å². The normalized spacial score (nSPS) is 14.4. The minimum atomic E-state index is -0.281. The van der Waals surface area contributed by atoms with E-state index < -0.39 is 0 Å². The molecule has 1 aliphatic rings. The van der Waals surface area contributed by atoms with Gasteiger partial charge in [0.1, 0.15) is 6.61 Å². The molecule has 1 heterocycles. The summed E-state index contributed by atoms with van der Waals surface area (Å²) in [5.74, 6) is 0. The Morgan fingerprint density at radius 3 is 2.54 bits per heavy atom. The number of rotatable bonds is 7. The zero-order valence-corrected chi connectivity index (χ0v) is 16.2. The molecule has 0 bridgehead atoms. The predicted octanol–water partition coefficient (Wildman–Crippen LogP) is 3.29. The fourth-order valence-electron chi connectivity index (χ4n) is 2.95. The fraction of sp³-hybridized carbons (Fsp3) is 0.333. The molecule has 28 heavy (non-hydrogen) atoms. The maximum Gasteiger partial charge on any atom is 0.410 e. The highest BCUT2D eigenvalue weighted by Gasteiger charge is 2.21. The summed E-state index contributed by atoms with van der Waals surface area (Å²) in [5.41, 5.74) is 2.80. The van der Waals surface area contributed by atoms with Gasteiger partial charge in [0.15, 0.2) is 0 Å². The molecule has 0 unspecified atom stereocenters. The van der Waals surface area contributed by atoms with Gasteiger partial charge in [-0.15, -0.1) is 0 Å². The molecular weight excluding hydrogens is 356 g/mol. The second kappa shape index (κ2) is 9.12. The van der Waals surface area contributed by atoms with E-state index >= 15 is 0 Å². The SMILES string of the molecule is C[C@H](CNC(=O)Nc1ccc(CN2CCOC2=O)cc1)N(C)c1ccccc1. The van der Waals surface area contributed by atoms with Crippen LogP contribution in [0.3, 0.4) is 0 Å². The number of carbonyl (C=O) groups is 2. The van der Waals surface area contributed by atoms with Gasteiger partial charge in [-0.1, -0.05) is 30.3 Å². The number of urea groups is 1. The van der Waals surface area contributed by atoms with E-state index in [1.807, 2.05) is 61.6 Å². The Balaban J connectivity index is 1.44. The molecule has 2 aromatic rings. The highest BCUT2D eigenvalue weighted by Crippen LogP contribution is 2.15. The summed E-state index contributed by atoms with van der Waals surface area (Å²) in [6, 6.07) is 17.4. The number of nitrogens with zero attached hydrogens (tertiary/aromatic N) is 2. The van der Waals surface area contributed by atoms with Crippen molar-refractivity contribution in [2.24, 2.45) is 0 Å². The summed E-state index contributed by atoms with van der Waals surface area (Å²) >= 11 is 0. The zero-order valence-electron chi connectivity index (χ0n) is 16.2. The minimum absolute atomic E-state index is 0.149. The molecule has 1 fully saturated rings. The zero-order chi connectivity index (χ0) is 19.9. The average Bonchev–Trinajstić information content (AvgIpc) is 3.12. The Morgan fingerprint density at radius 2 is 1.89 bits per heavy atom. The number of amides is 3. The average molecular weight is 382 g/mol. The van der Waals surface area contributed by atoms with Crippen LogP contribution in [0.2, 0.25) is 0 Å². The lowest BCUT2D eigenvalue weighted by Crippen LogP contribution is -2.41. The van der Waals surface area contributed by atoms with E-state index in [9.17, 15) is 9.59 Å². The number of ether oxygens (including phenoxy) is 1. The van der Waals surface area contributed by atoms with Crippen LogP contribution in [0.15, 0.2) is 54.6 Å². The smallest absolute Gasteiger partial charge is 0.410 e. The molecule has 7 heteroatoms. The largest absolute Gasteiger partial charge is 0.448 e. The first-order valence-electron chi connectivity index (χ1n) is 9.36. The van der Waals surface area contributed by atoms with Crippen LogP contribution in [0.4, 0.5) is 21.0 Å². The third kappa shape index (κ3) is 5.16. The molecule has 7 nitrogen and oxygen atoms in total. The molecule has 0 saturated carbocycles. The third-order valence-electron chi connectivity index (χ3n) is 4.81. The number of hydrogen-bond acceptors (Lipinski definition) is 4. The predicted molar refractivity (Wildman–Crippen MR) is 110 cm³/mol. The van der Waals surface area contributed by atoms with Crippen LogP contribution < -0.4 is 15.5 Å². The number of anilines is 2. The summed E-state index contributed by atoms with van der Waals surface area (Å²) in [4.78, 5) is 27.4. The fourth-order valence-corrected chi connectivity index (χ4v) is 2.95. The van der Waals surface area contributed by atoms with Crippen LogP contribution in [-0.4, -0.2) is 49.8 Å². The second-order valence-electron chi connectivity index (χ2n) is 6.86. The molecule has 2 N–H and O–H groups in total. The molecule has 148 valence electrons. The number of benzene rings is 2. The summed E-state index contributed by atoms with van der Waals surface area (Å²) in [7, 11) is 2.01. The van der Waals surface area contributed by atoms with Gasteiger partial charge in [-0.3, -0.25) is 0 Å². The lowest BCUT2D eigenvalue weighted by Gasteiger charge is -2.27. The molecule has 0 radical (unpaired) electrons. The summed E-state index contributed by atoms with van der Waals surface area (Å²) < 4.78 is 4.92. The quantitative estimate of drug-likeness (QED) is 0.771. The van der Waals surface area contributed by atoms with Crippen molar-refractivity contribution in [3.8, 4) is 0 Å². The highest BCUT2D eigenvalue weighted by atomic mass is 16.6. The lowest BCUT2D eigenvalue weighted by molar-refractivity contribution is 0.157. The first-order chi connectivity index (χ1) is 13.5. The van der Waals surface area contributed by atoms with Crippen molar-refractivity contribution >= 4 is 23.5 Å². The molecule has 3 rings (SSSR count). The minimum Gasteiger partial charge on any atom is -0.448 e. The molecule has 1 aliphatic heterocycles. The molecular formula is C21H26N4O3. The van der Waals surface area contributed by atoms with Gasteiger partial charge in [0.05, 0.1) is 6.54 Å². The van der Waals surface area contributed by atoms with Crippen molar-refractivity contribution in [1.29, 1.82) is 0 Å². The number of cyclic esters (lactones) is 1. The maximum absolute atomic E-state index is 12.2. The lowest BCUT2D eigenvalue weighted by atomic mass is 10.2. The molecule has 1 atom stereocenters. The van der Waals surface area contributed by atoms with Gasteiger partial charge in [-0.05, 0) is 36.8 Å². The maximum atomic E-state index is 12.2. The third-order valence-corrected chi connectivity index (χ3v) is 4.81. The first kappa shape index (κ1) is 19.5. The van der Waals surface area contributed by atoms with Gasteiger partial charge in [0.25, 0.3) is 0 Å². The first-order valence-corrected chi connectivity index (χ1v) is 9.36. The van der Waals surface area contributed by atoms with Crippen LogP contribution in [0, 0.1) is 0 Å². The summed E-state index contributed by atoms with van der Waals surface area (Å²) in [5, 5.41) is 5.73. The van der Waals surface area contributed by atoms with E-state index in [1.165, 1.54) is 0 Å². The van der Waals surface area contributed by atoms with Crippen molar-refractivity contribution in [1.82, 2.24) is 10.2 Å². The second-order valence-corrected chi connectivity index (χ2v) is 6.86. The number of para-hydroxylation sites is 1. The van der Waals surface area contributed by atoms with E-state index in [4.69, 9.17) is 4.74 Å². The van der Waals surface area contributed by atoms with E-state index in [-0.39, 0.29) is 18.2 Å². The van der Waals surface area contributed by atoms with E-state index in [0.29, 0.717) is 31.9 Å². The van der Waals surface area contributed by atoms with Gasteiger partial charge in [-0.2, -0.15) is 0 Å². The number of hydrogen-bond donors (Lipinski definition) is 2. The van der Waals surface area contributed by atoms with Crippen molar-refractivity contribution in [2.45, 2.75) is 19.5 Å². The molecule has 2 aromatic carbocycles. The highest BCUT2D eigenvalue weighted by molar-refractivity contribution is 5.89. The van der Waals surface area contributed by atoms with Crippen LogP contribution in [0.1, 0.15) is 12.5 Å². The van der Waals surface area contributed by atoms with Crippen molar-refractivity contribution in [2.75, 3.05) is 37.0 Å². The van der Waals surface area contributed by atoms with Crippen molar-refractivity contribution in [3.05, 3.63) is 60.2 Å².